The van der Waals surface area contributed by atoms with Crippen molar-refractivity contribution in [3.63, 3.8) is 0 Å². The van der Waals surface area contributed by atoms with Gasteiger partial charge in [-0.1, -0.05) is 95.7 Å². The van der Waals surface area contributed by atoms with Gasteiger partial charge in [-0.05, 0) is 54.2 Å². The molecule has 2 saturated heterocycles. The summed E-state index contributed by atoms with van der Waals surface area (Å²) in [5.74, 6) is 1.19. The topological polar surface area (TPSA) is 36.9 Å². The predicted molar refractivity (Wildman–Crippen MR) is 146 cm³/mol. The van der Waals surface area contributed by atoms with Gasteiger partial charge in [0.25, 0.3) is 0 Å². The number of hydrogen-bond acceptors (Lipinski definition) is 4. The van der Waals surface area contributed by atoms with Crippen molar-refractivity contribution >= 4 is 34.2 Å². The first-order valence-corrected chi connectivity index (χ1v) is 13.8. The number of hydrogen-bond donors (Lipinski definition) is 0. The fraction of sp³-hybridized carbons (Fsp3) is 0.379. The smallest absolute Gasteiger partial charge is 0.184 e. The summed E-state index contributed by atoms with van der Waals surface area (Å²) < 4.78 is 24.9. The van der Waals surface area contributed by atoms with Gasteiger partial charge in [-0.25, -0.2) is 0 Å². The molecule has 6 unspecified atom stereocenters. The Morgan fingerprint density at radius 3 is 2.49 bits per heavy atom. The molecule has 0 aromatic heterocycles. The van der Waals surface area contributed by atoms with E-state index in [9.17, 15) is 0 Å². The zero-order chi connectivity index (χ0) is 24.4. The van der Waals surface area contributed by atoms with Crippen molar-refractivity contribution in [2.75, 3.05) is 13.2 Å². The molecule has 35 heavy (non-hydrogen) atoms. The Kier molecular flexibility index (Phi) is 7.99. The zero-order valence-corrected chi connectivity index (χ0v) is 22.8. The van der Waals surface area contributed by atoms with Crippen LogP contribution >= 0.6 is 34.2 Å². The number of benzene rings is 3. The lowest BCUT2D eigenvalue weighted by Crippen LogP contribution is -2.53. The first kappa shape index (κ1) is 25.0. The maximum atomic E-state index is 6.61. The van der Waals surface area contributed by atoms with Gasteiger partial charge in [0.1, 0.15) is 11.9 Å². The Balaban J connectivity index is 1.32. The molecule has 0 bridgehead atoms. The van der Waals surface area contributed by atoms with Crippen LogP contribution in [0.1, 0.15) is 48.5 Å². The maximum Gasteiger partial charge on any atom is 0.184 e. The van der Waals surface area contributed by atoms with Crippen LogP contribution in [0, 0.1) is 5.92 Å². The van der Waals surface area contributed by atoms with Crippen LogP contribution in [0.3, 0.4) is 0 Å². The van der Waals surface area contributed by atoms with Crippen LogP contribution in [0.25, 0.3) is 0 Å². The number of ether oxygens (including phenoxy) is 4. The van der Waals surface area contributed by atoms with E-state index in [0.717, 1.165) is 33.9 Å². The summed E-state index contributed by atoms with van der Waals surface area (Å²) in [5, 5.41) is 0.768. The monoisotopic (exact) mass is 604 g/mol. The van der Waals surface area contributed by atoms with Crippen molar-refractivity contribution in [3.05, 3.63) is 100 Å². The molecule has 2 aliphatic rings. The minimum Gasteiger partial charge on any atom is -0.494 e. The summed E-state index contributed by atoms with van der Waals surface area (Å²) in [6.07, 6.45) is 0.238. The number of fused-ring (bicyclic) bond motifs is 1. The summed E-state index contributed by atoms with van der Waals surface area (Å²) >= 11 is 9.13. The standard InChI is InChI=1S/C29H30ClIO4/c1-3-32-23-12-9-19(10-13-23)15-22-16-21(11-14-24(22)30)28-26(31)18(2)27-25(34-28)17-33-29(35-27)20-7-5-4-6-8-20/h4-14,16,18,25-29H,3,15,17H2,1-2H3. The van der Waals surface area contributed by atoms with Crippen LogP contribution in [-0.4, -0.2) is 29.3 Å². The van der Waals surface area contributed by atoms with E-state index in [0.29, 0.717) is 19.1 Å². The number of rotatable bonds is 6. The third-order valence-electron chi connectivity index (χ3n) is 6.79. The molecule has 0 saturated carbocycles. The third kappa shape index (κ3) is 5.54. The maximum absolute atomic E-state index is 6.61. The van der Waals surface area contributed by atoms with Gasteiger partial charge in [-0.3, -0.25) is 0 Å². The van der Waals surface area contributed by atoms with E-state index in [1.165, 1.54) is 5.56 Å². The van der Waals surface area contributed by atoms with Crippen molar-refractivity contribution in [3.8, 4) is 5.75 Å². The Hall–Kier alpha value is -1.64. The van der Waals surface area contributed by atoms with E-state index in [4.69, 9.17) is 30.5 Å². The van der Waals surface area contributed by atoms with Crippen LogP contribution in [0.4, 0.5) is 0 Å². The van der Waals surface area contributed by atoms with Crippen molar-refractivity contribution in [2.45, 2.75) is 48.8 Å². The normalized spacial score (nSPS) is 28.3. The highest BCUT2D eigenvalue weighted by atomic mass is 127. The largest absolute Gasteiger partial charge is 0.494 e. The molecule has 0 spiro atoms. The molecule has 0 radical (unpaired) electrons. The second-order valence-corrected chi connectivity index (χ2v) is 11.0. The molecular formula is C29H30ClIO4. The molecule has 3 aromatic carbocycles. The number of alkyl halides is 1. The third-order valence-corrected chi connectivity index (χ3v) is 8.95. The fourth-order valence-corrected chi connectivity index (χ4v) is 6.07. The van der Waals surface area contributed by atoms with Crippen LogP contribution < -0.4 is 4.74 Å². The Morgan fingerprint density at radius 1 is 0.971 bits per heavy atom. The van der Waals surface area contributed by atoms with E-state index in [1.54, 1.807) is 0 Å². The minimum absolute atomic E-state index is 0.0114. The second kappa shape index (κ2) is 11.2. The molecule has 0 aliphatic carbocycles. The van der Waals surface area contributed by atoms with Crippen molar-refractivity contribution in [2.24, 2.45) is 5.92 Å². The molecule has 2 aliphatic heterocycles. The van der Waals surface area contributed by atoms with Crippen molar-refractivity contribution < 1.29 is 18.9 Å². The first-order valence-electron chi connectivity index (χ1n) is 12.1. The van der Waals surface area contributed by atoms with Gasteiger partial charge in [-0.15, -0.1) is 0 Å². The highest BCUT2D eigenvalue weighted by Gasteiger charge is 2.47. The highest BCUT2D eigenvalue weighted by molar-refractivity contribution is 14.1. The number of halogens is 2. The van der Waals surface area contributed by atoms with Crippen molar-refractivity contribution in [1.82, 2.24) is 0 Å². The van der Waals surface area contributed by atoms with E-state index < -0.39 is 0 Å². The van der Waals surface area contributed by atoms with Gasteiger partial charge < -0.3 is 18.9 Å². The van der Waals surface area contributed by atoms with Crippen molar-refractivity contribution in [1.29, 1.82) is 0 Å². The SMILES string of the molecule is CCOc1ccc(Cc2cc(C3OC4COC(c5ccccc5)OC4C(C)C3I)ccc2Cl)cc1. The molecule has 2 heterocycles. The summed E-state index contributed by atoms with van der Waals surface area (Å²) in [7, 11) is 0. The van der Waals surface area contributed by atoms with Crippen LogP contribution in [0.2, 0.25) is 5.02 Å². The summed E-state index contributed by atoms with van der Waals surface area (Å²) in [5.41, 5.74) is 4.47. The summed E-state index contributed by atoms with van der Waals surface area (Å²) in [4.78, 5) is 0. The van der Waals surface area contributed by atoms with E-state index in [2.05, 4.69) is 53.8 Å². The molecule has 6 heteroatoms. The van der Waals surface area contributed by atoms with Crippen LogP contribution in [-0.2, 0) is 20.6 Å². The predicted octanol–water partition coefficient (Wildman–Crippen LogP) is 7.32. The Labute approximate surface area is 226 Å². The molecule has 184 valence electrons. The lowest BCUT2D eigenvalue weighted by atomic mass is 9.86. The molecule has 6 atom stereocenters. The molecule has 0 N–H and O–H groups in total. The zero-order valence-electron chi connectivity index (χ0n) is 19.9. The van der Waals surface area contributed by atoms with E-state index >= 15 is 0 Å². The van der Waals surface area contributed by atoms with Gasteiger partial charge in [0.15, 0.2) is 6.29 Å². The van der Waals surface area contributed by atoms with E-state index in [-0.39, 0.29) is 28.5 Å². The minimum atomic E-state index is -0.347. The van der Waals surface area contributed by atoms with Gasteiger partial charge in [-0.2, -0.15) is 0 Å². The lowest BCUT2D eigenvalue weighted by Gasteiger charge is -2.47. The fourth-order valence-electron chi connectivity index (χ4n) is 4.89. The molecule has 0 amide bonds. The Bertz CT molecular complexity index is 1120. The summed E-state index contributed by atoms with van der Waals surface area (Å²) in [6.45, 7) is 5.42. The average Bonchev–Trinajstić information content (AvgIpc) is 2.89. The quantitative estimate of drug-likeness (QED) is 0.218. The van der Waals surface area contributed by atoms with Crippen LogP contribution in [0.15, 0.2) is 72.8 Å². The Morgan fingerprint density at radius 2 is 1.74 bits per heavy atom. The van der Waals surface area contributed by atoms with Gasteiger partial charge in [0.05, 0.1) is 25.4 Å². The molecule has 3 aromatic rings. The van der Waals surface area contributed by atoms with Gasteiger partial charge in [0.2, 0.25) is 0 Å². The van der Waals surface area contributed by atoms with E-state index in [1.807, 2.05) is 55.5 Å². The molecule has 2 fully saturated rings. The van der Waals surface area contributed by atoms with Gasteiger partial charge >= 0.3 is 0 Å². The summed E-state index contributed by atoms with van der Waals surface area (Å²) in [6, 6.07) is 24.6. The van der Waals surface area contributed by atoms with Gasteiger partial charge in [0, 0.05) is 14.5 Å². The molecule has 5 rings (SSSR count). The molecule has 4 nitrogen and oxygen atoms in total. The second-order valence-electron chi connectivity index (χ2n) is 9.18. The highest BCUT2D eigenvalue weighted by Crippen LogP contribution is 2.45. The average molecular weight is 605 g/mol. The lowest BCUT2D eigenvalue weighted by molar-refractivity contribution is -0.299. The molecular weight excluding hydrogens is 575 g/mol. The first-order chi connectivity index (χ1) is 17.0. The van der Waals surface area contributed by atoms with Crippen LogP contribution in [0.5, 0.6) is 5.75 Å².